The van der Waals surface area contributed by atoms with E-state index in [-0.39, 0.29) is 0 Å². The van der Waals surface area contributed by atoms with Crippen LogP contribution in [0.4, 0.5) is 0 Å². The quantitative estimate of drug-likeness (QED) is 0.119. The fraction of sp³-hybridized carbons (Fsp3) is 0.103. The highest BCUT2D eigenvalue weighted by Crippen LogP contribution is 2.41. The molecule has 60 heavy (non-hydrogen) atoms. The lowest BCUT2D eigenvalue weighted by Crippen LogP contribution is -2.06. The fourth-order valence-corrected chi connectivity index (χ4v) is 8.74. The molecule has 2 nitrogen and oxygen atoms in total. The zero-order valence-electron chi connectivity index (χ0n) is 34.8. The Morgan fingerprint density at radius 1 is 0.433 bits per heavy atom. The van der Waals surface area contributed by atoms with Gasteiger partial charge in [-0.15, -0.1) is 0 Å². The van der Waals surface area contributed by atoms with E-state index in [1.807, 2.05) is 36.4 Å². The van der Waals surface area contributed by atoms with Crippen molar-refractivity contribution < 1.29 is 0 Å². The van der Waals surface area contributed by atoms with Crippen molar-refractivity contribution in [3.05, 3.63) is 244 Å². The minimum absolute atomic E-state index is 0.675. The van der Waals surface area contributed by atoms with Crippen molar-refractivity contribution in [2.45, 2.75) is 40.5 Å². The van der Waals surface area contributed by atoms with E-state index >= 15 is 0 Å². The van der Waals surface area contributed by atoms with Gasteiger partial charge < -0.3 is 0 Å². The third-order valence-corrected chi connectivity index (χ3v) is 11.9. The molecule has 0 bridgehead atoms. The molecule has 2 aliphatic rings. The first-order valence-corrected chi connectivity index (χ1v) is 20.8. The maximum Gasteiger partial charge on any atom is 0.160 e. The summed E-state index contributed by atoms with van der Waals surface area (Å²) in [5.74, 6) is 0.675. The van der Waals surface area contributed by atoms with Gasteiger partial charge >= 0.3 is 0 Å². The molecule has 0 fully saturated rings. The van der Waals surface area contributed by atoms with E-state index in [0.29, 0.717) is 11.5 Å². The summed E-state index contributed by atoms with van der Waals surface area (Å²) in [7, 11) is 0. The second-order valence-corrected chi connectivity index (χ2v) is 16.0. The number of nitrogens with zero attached hydrogens (tertiary/aromatic N) is 2. The van der Waals surface area contributed by atoms with E-state index in [0.717, 1.165) is 35.2 Å². The lowest BCUT2D eigenvalue weighted by atomic mass is 9.92. The standard InChI is InChI=1S/C31H26N2.C27H22/c1-21-11-9-16-27(19-21)31(32-22(2)24-12-5-4-6-13-24)33-23(3)28-18-10-15-26-20-25-14-7-8-17-29(25)30(26)28;1-18-7-3-5-9-24(18)26-16-20(12-11-19(26)2)21-13-14-23-15-22-8-4-6-10-25(22)27(23)17-21/h4-19H,2,20H2,1,3H3;3-14,16-17H,15H2,1-2H3. The van der Waals surface area contributed by atoms with Gasteiger partial charge in [0.2, 0.25) is 0 Å². The number of hydrogen-bond donors (Lipinski definition) is 0. The maximum atomic E-state index is 5.08. The van der Waals surface area contributed by atoms with Crippen molar-refractivity contribution in [2.75, 3.05) is 0 Å². The van der Waals surface area contributed by atoms with Crippen molar-refractivity contribution in [1.29, 1.82) is 0 Å². The van der Waals surface area contributed by atoms with E-state index in [2.05, 4.69) is 180 Å². The molecule has 0 spiro atoms. The van der Waals surface area contributed by atoms with E-state index in [1.54, 1.807) is 0 Å². The minimum Gasteiger partial charge on any atom is -0.233 e. The Balaban J connectivity index is 0.000000157. The Morgan fingerprint density at radius 3 is 1.77 bits per heavy atom. The summed E-state index contributed by atoms with van der Waals surface area (Å²) in [5, 5.41) is 0. The number of rotatable bonds is 6. The molecular weight excluding hydrogens is 725 g/mol. The number of benzene rings is 8. The van der Waals surface area contributed by atoms with Crippen LogP contribution in [0.2, 0.25) is 0 Å². The van der Waals surface area contributed by atoms with Crippen LogP contribution in [0.15, 0.2) is 199 Å². The number of aryl methyl sites for hydroxylation is 3. The Morgan fingerprint density at radius 2 is 1.00 bits per heavy atom. The van der Waals surface area contributed by atoms with Gasteiger partial charge in [-0.2, -0.15) is 0 Å². The van der Waals surface area contributed by atoms with Gasteiger partial charge in [-0.3, -0.25) is 0 Å². The van der Waals surface area contributed by atoms with Crippen LogP contribution < -0.4 is 0 Å². The normalized spacial score (nSPS) is 12.5. The lowest BCUT2D eigenvalue weighted by Gasteiger charge is -2.13. The average molecular weight is 773 g/mol. The predicted molar refractivity (Wildman–Crippen MR) is 255 cm³/mol. The van der Waals surface area contributed by atoms with Gasteiger partial charge in [0, 0.05) is 16.8 Å². The van der Waals surface area contributed by atoms with E-state index in [1.165, 1.54) is 83.5 Å². The Bertz CT molecular complexity index is 2980. The first kappa shape index (κ1) is 38.4. The molecule has 0 N–H and O–H groups in total. The van der Waals surface area contributed by atoms with Gasteiger partial charge in [0.15, 0.2) is 5.84 Å². The molecule has 0 aromatic heterocycles. The second-order valence-electron chi connectivity index (χ2n) is 16.0. The summed E-state index contributed by atoms with van der Waals surface area (Å²) >= 11 is 0. The van der Waals surface area contributed by atoms with Gasteiger partial charge in [0.25, 0.3) is 0 Å². The topological polar surface area (TPSA) is 24.7 Å². The monoisotopic (exact) mass is 772 g/mol. The zero-order chi connectivity index (χ0) is 41.2. The summed E-state index contributed by atoms with van der Waals surface area (Å²) in [6.45, 7) is 12.8. The van der Waals surface area contributed by atoms with Gasteiger partial charge in [-0.05, 0) is 142 Å². The van der Waals surface area contributed by atoms with Gasteiger partial charge in [-0.1, -0.05) is 176 Å². The Kier molecular flexibility index (Phi) is 10.6. The van der Waals surface area contributed by atoms with Crippen LogP contribution in [0.1, 0.15) is 62.6 Å². The van der Waals surface area contributed by atoms with Crippen molar-refractivity contribution in [1.82, 2.24) is 0 Å². The van der Waals surface area contributed by atoms with Crippen LogP contribution >= 0.6 is 0 Å². The third-order valence-electron chi connectivity index (χ3n) is 11.9. The molecule has 2 aliphatic carbocycles. The highest BCUT2D eigenvalue weighted by Gasteiger charge is 2.22. The van der Waals surface area contributed by atoms with Crippen molar-refractivity contribution in [2.24, 2.45) is 9.98 Å². The molecule has 0 aliphatic heterocycles. The van der Waals surface area contributed by atoms with Gasteiger partial charge in [-0.25, -0.2) is 9.98 Å². The lowest BCUT2D eigenvalue weighted by molar-refractivity contribution is 1.26. The molecule has 10 rings (SSSR count). The Labute approximate surface area is 355 Å². The summed E-state index contributed by atoms with van der Waals surface area (Å²) in [6, 6.07) is 64.8. The summed E-state index contributed by atoms with van der Waals surface area (Å²) in [5.41, 5.74) is 24.8. The summed E-state index contributed by atoms with van der Waals surface area (Å²) in [6.07, 6.45) is 2.02. The number of aliphatic imine (C=N–C) groups is 2. The molecule has 8 aromatic carbocycles. The zero-order valence-corrected chi connectivity index (χ0v) is 34.8. The predicted octanol–water partition coefficient (Wildman–Crippen LogP) is 14.7. The molecule has 0 atom stereocenters. The first-order chi connectivity index (χ1) is 29.3. The molecular formula is C58H48N2. The Hall–Kier alpha value is -7.16. The third kappa shape index (κ3) is 7.73. The SMILES string of the molecule is C=C(N=C(N=C(C)c1cccc2c1-c1ccccc1C2)c1cccc(C)c1)c1ccccc1.Cc1ccccc1-c1cc(-c2ccc3c(c2)-c2ccccc2C3)ccc1C. The van der Waals surface area contributed by atoms with Gasteiger partial charge in [0.1, 0.15) is 0 Å². The molecule has 0 saturated carbocycles. The van der Waals surface area contributed by atoms with E-state index in [4.69, 9.17) is 9.98 Å². The second kappa shape index (κ2) is 16.6. The molecule has 8 aromatic rings. The van der Waals surface area contributed by atoms with Crippen LogP contribution in [0, 0.1) is 20.8 Å². The number of fused-ring (bicyclic) bond motifs is 6. The van der Waals surface area contributed by atoms with E-state index in [9.17, 15) is 0 Å². The smallest absolute Gasteiger partial charge is 0.160 e. The molecule has 0 amide bonds. The van der Waals surface area contributed by atoms with E-state index < -0.39 is 0 Å². The van der Waals surface area contributed by atoms with Crippen LogP contribution in [0.3, 0.4) is 0 Å². The largest absolute Gasteiger partial charge is 0.233 e. The molecule has 0 radical (unpaired) electrons. The molecule has 0 saturated heterocycles. The van der Waals surface area contributed by atoms with Crippen molar-refractivity contribution in [3.63, 3.8) is 0 Å². The highest BCUT2D eigenvalue weighted by atomic mass is 14.9. The van der Waals surface area contributed by atoms with Crippen molar-refractivity contribution >= 4 is 17.2 Å². The molecule has 0 heterocycles. The summed E-state index contributed by atoms with van der Waals surface area (Å²) in [4.78, 5) is 9.98. The van der Waals surface area contributed by atoms with Gasteiger partial charge in [0.05, 0.1) is 5.70 Å². The highest BCUT2D eigenvalue weighted by molar-refractivity contribution is 6.15. The van der Waals surface area contributed by atoms with Crippen LogP contribution in [0.5, 0.6) is 0 Å². The molecule has 2 heteroatoms. The maximum absolute atomic E-state index is 5.08. The average Bonchev–Trinajstić information content (AvgIpc) is 3.85. The number of amidine groups is 1. The van der Waals surface area contributed by atoms with Crippen LogP contribution in [0.25, 0.3) is 50.2 Å². The fourth-order valence-electron chi connectivity index (χ4n) is 8.74. The first-order valence-electron chi connectivity index (χ1n) is 20.8. The molecule has 0 unspecified atom stereocenters. The van der Waals surface area contributed by atoms with Crippen LogP contribution in [-0.4, -0.2) is 11.5 Å². The van der Waals surface area contributed by atoms with Crippen LogP contribution in [-0.2, 0) is 12.8 Å². The van der Waals surface area contributed by atoms with Crippen molar-refractivity contribution in [3.8, 4) is 44.5 Å². The summed E-state index contributed by atoms with van der Waals surface area (Å²) < 4.78 is 0. The molecule has 290 valence electrons. The minimum atomic E-state index is 0.675. The number of hydrogen-bond acceptors (Lipinski definition) is 1.